The molecular weight excluding hydrogens is 216 g/mol. The van der Waals surface area contributed by atoms with Crippen LogP contribution in [0.2, 0.25) is 0 Å². The monoisotopic (exact) mass is 240 g/mol. The molecule has 0 heterocycles. The molecule has 1 fully saturated rings. The smallest absolute Gasteiger partial charge is 0.232 e. The fraction of sp³-hybridized carbons (Fsp3) is 0.846. The summed E-state index contributed by atoms with van der Waals surface area (Å²) in [4.78, 5) is 22.8. The second-order valence-electron chi connectivity index (χ2n) is 6.37. The topological polar surface area (TPSA) is 86.2 Å². The summed E-state index contributed by atoms with van der Waals surface area (Å²) in [6.07, 6.45) is 4.84. The zero-order valence-electron chi connectivity index (χ0n) is 11.1. The number of amides is 2. The highest BCUT2D eigenvalue weighted by molar-refractivity contribution is 6.03. The number of carbonyl (C=O) groups is 2. The third kappa shape index (κ3) is 3.20. The lowest BCUT2D eigenvalue weighted by molar-refractivity contribution is -0.140. The minimum atomic E-state index is -1.19. The van der Waals surface area contributed by atoms with Crippen LogP contribution >= 0.6 is 0 Å². The van der Waals surface area contributed by atoms with Gasteiger partial charge in [0.05, 0.1) is 0 Å². The quantitative estimate of drug-likeness (QED) is 0.731. The molecule has 0 radical (unpaired) electrons. The Hall–Kier alpha value is -1.06. The molecule has 1 saturated carbocycles. The Morgan fingerprint density at radius 1 is 1.18 bits per heavy atom. The van der Waals surface area contributed by atoms with Gasteiger partial charge in [-0.1, -0.05) is 13.8 Å². The van der Waals surface area contributed by atoms with Crippen molar-refractivity contribution in [1.29, 1.82) is 0 Å². The van der Waals surface area contributed by atoms with Crippen LogP contribution in [0.15, 0.2) is 0 Å². The summed E-state index contributed by atoms with van der Waals surface area (Å²) < 4.78 is 0. The van der Waals surface area contributed by atoms with Crippen molar-refractivity contribution in [3.8, 4) is 0 Å². The lowest BCUT2D eigenvalue weighted by Gasteiger charge is -2.37. The Balaban J connectivity index is 2.65. The molecule has 4 nitrogen and oxygen atoms in total. The van der Waals surface area contributed by atoms with Crippen LogP contribution < -0.4 is 11.5 Å². The van der Waals surface area contributed by atoms with Crippen molar-refractivity contribution in [3.63, 3.8) is 0 Å². The molecule has 0 spiro atoms. The summed E-state index contributed by atoms with van der Waals surface area (Å²) in [7, 11) is 0. The van der Waals surface area contributed by atoms with E-state index in [0.29, 0.717) is 17.8 Å². The summed E-state index contributed by atoms with van der Waals surface area (Å²) >= 11 is 0. The van der Waals surface area contributed by atoms with Crippen LogP contribution in [-0.2, 0) is 9.59 Å². The van der Waals surface area contributed by atoms with Gasteiger partial charge in [0.25, 0.3) is 0 Å². The van der Waals surface area contributed by atoms with Gasteiger partial charge in [-0.3, -0.25) is 9.59 Å². The molecule has 0 saturated heterocycles. The first kappa shape index (κ1) is 14.0. The Bertz CT molecular complexity index is 299. The van der Waals surface area contributed by atoms with Crippen LogP contribution in [0.3, 0.4) is 0 Å². The van der Waals surface area contributed by atoms with Crippen LogP contribution in [0, 0.1) is 16.7 Å². The van der Waals surface area contributed by atoms with E-state index in [1.807, 2.05) is 0 Å². The van der Waals surface area contributed by atoms with Gasteiger partial charge in [-0.05, 0) is 50.4 Å². The van der Waals surface area contributed by atoms with Gasteiger partial charge in [0, 0.05) is 0 Å². The van der Waals surface area contributed by atoms with E-state index in [4.69, 9.17) is 11.5 Å². The minimum Gasteiger partial charge on any atom is -0.369 e. The molecule has 0 unspecified atom stereocenters. The lowest BCUT2D eigenvalue weighted by atomic mass is 9.68. The maximum atomic E-state index is 11.4. The molecule has 0 atom stereocenters. The largest absolute Gasteiger partial charge is 0.369 e. The molecular formula is C13H24N2O2. The van der Waals surface area contributed by atoms with Crippen LogP contribution in [0.1, 0.15) is 52.9 Å². The van der Waals surface area contributed by atoms with Crippen LogP contribution in [0.5, 0.6) is 0 Å². The van der Waals surface area contributed by atoms with Crippen molar-refractivity contribution in [1.82, 2.24) is 0 Å². The van der Waals surface area contributed by atoms with E-state index in [0.717, 1.165) is 25.7 Å². The zero-order valence-corrected chi connectivity index (χ0v) is 11.1. The van der Waals surface area contributed by atoms with Crippen molar-refractivity contribution >= 4 is 11.8 Å². The van der Waals surface area contributed by atoms with Crippen LogP contribution in [0.4, 0.5) is 0 Å². The van der Waals surface area contributed by atoms with Gasteiger partial charge in [0.1, 0.15) is 5.41 Å². The predicted molar refractivity (Wildman–Crippen MR) is 66.9 cm³/mol. The molecule has 1 aliphatic rings. The first-order valence-electron chi connectivity index (χ1n) is 6.27. The molecule has 0 aromatic heterocycles. The normalized spacial score (nSPS) is 21.1. The second kappa shape index (κ2) is 4.67. The number of carbonyl (C=O) groups excluding carboxylic acids is 2. The number of hydrogen-bond acceptors (Lipinski definition) is 2. The summed E-state index contributed by atoms with van der Waals surface area (Å²) in [5.74, 6) is -0.822. The molecule has 17 heavy (non-hydrogen) atoms. The molecule has 0 bridgehead atoms. The maximum absolute atomic E-state index is 11.4. The van der Waals surface area contributed by atoms with Gasteiger partial charge in [0.15, 0.2) is 0 Å². The van der Waals surface area contributed by atoms with Gasteiger partial charge < -0.3 is 11.5 Å². The highest BCUT2D eigenvalue weighted by atomic mass is 16.2. The Kier molecular flexibility index (Phi) is 3.84. The highest BCUT2D eigenvalue weighted by Gasteiger charge is 2.41. The molecule has 0 aromatic carbocycles. The fourth-order valence-electron chi connectivity index (χ4n) is 2.56. The van der Waals surface area contributed by atoms with Gasteiger partial charge in [-0.2, -0.15) is 0 Å². The fourth-order valence-corrected chi connectivity index (χ4v) is 2.56. The molecule has 0 aromatic rings. The molecule has 0 aliphatic heterocycles. The summed E-state index contributed by atoms with van der Waals surface area (Å²) in [5.41, 5.74) is 9.80. The first-order valence-corrected chi connectivity index (χ1v) is 6.27. The van der Waals surface area contributed by atoms with Crippen LogP contribution in [0.25, 0.3) is 0 Å². The molecule has 1 aliphatic carbocycles. The predicted octanol–water partition coefficient (Wildman–Crippen LogP) is 1.57. The lowest BCUT2D eigenvalue weighted by Crippen LogP contribution is -2.47. The van der Waals surface area contributed by atoms with Crippen LogP contribution in [-0.4, -0.2) is 11.8 Å². The van der Waals surface area contributed by atoms with E-state index in [-0.39, 0.29) is 0 Å². The van der Waals surface area contributed by atoms with E-state index < -0.39 is 17.2 Å². The van der Waals surface area contributed by atoms with Gasteiger partial charge in [0.2, 0.25) is 11.8 Å². The number of primary amides is 2. The molecule has 1 rings (SSSR count). The van der Waals surface area contributed by atoms with Gasteiger partial charge >= 0.3 is 0 Å². The maximum Gasteiger partial charge on any atom is 0.232 e. The Morgan fingerprint density at radius 3 is 1.94 bits per heavy atom. The third-order valence-corrected chi connectivity index (χ3v) is 4.24. The first-order chi connectivity index (χ1) is 7.67. The number of hydrogen-bond donors (Lipinski definition) is 2. The summed E-state index contributed by atoms with van der Waals surface area (Å²) in [6.45, 7) is 6.08. The average molecular weight is 240 g/mol. The van der Waals surface area contributed by atoms with E-state index >= 15 is 0 Å². The standard InChI is InChI=1S/C13H24N2O2/c1-12(2)6-4-9(5-7-12)8-13(3,10(14)16)11(15)17/h9H,4-8H2,1-3H3,(H2,14,16)(H2,15,17). The Morgan fingerprint density at radius 2 is 1.59 bits per heavy atom. The van der Waals surface area contributed by atoms with E-state index in [1.54, 1.807) is 6.92 Å². The van der Waals surface area contributed by atoms with Crippen molar-refractivity contribution in [2.45, 2.75) is 52.9 Å². The SMILES string of the molecule is CC1(C)CCC(CC(C)(C(N)=O)C(N)=O)CC1. The van der Waals surface area contributed by atoms with Gasteiger partial charge in [-0.25, -0.2) is 0 Å². The minimum absolute atomic E-state index is 0.381. The summed E-state index contributed by atoms with van der Waals surface area (Å²) in [5, 5.41) is 0. The van der Waals surface area contributed by atoms with E-state index in [1.165, 1.54) is 0 Å². The van der Waals surface area contributed by atoms with E-state index in [9.17, 15) is 9.59 Å². The highest BCUT2D eigenvalue weighted by Crippen LogP contribution is 2.42. The van der Waals surface area contributed by atoms with Crippen molar-refractivity contribution in [3.05, 3.63) is 0 Å². The molecule has 2 amide bonds. The van der Waals surface area contributed by atoms with Crippen molar-refractivity contribution in [2.24, 2.45) is 28.2 Å². The average Bonchev–Trinajstić information content (AvgIpc) is 2.20. The van der Waals surface area contributed by atoms with Crippen molar-refractivity contribution < 1.29 is 9.59 Å². The zero-order chi connectivity index (χ0) is 13.3. The molecule has 4 heteroatoms. The summed E-state index contributed by atoms with van der Waals surface area (Å²) in [6, 6.07) is 0. The van der Waals surface area contributed by atoms with E-state index in [2.05, 4.69) is 13.8 Å². The number of rotatable bonds is 4. The second-order valence-corrected chi connectivity index (χ2v) is 6.37. The van der Waals surface area contributed by atoms with Crippen molar-refractivity contribution in [2.75, 3.05) is 0 Å². The molecule has 98 valence electrons. The third-order valence-electron chi connectivity index (χ3n) is 4.24. The number of nitrogens with two attached hydrogens (primary N) is 2. The molecule has 4 N–H and O–H groups in total. The Labute approximate surface area is 103 Å². The van der Waals surface area contributed by atoms with Gasteiger partial charge in [-0.15, -0.1) is 0 Å².